The molecule has 0 aliphatic carbocycles. The first kappa shape index (κ1) is 25.3. The number of carbonyl (C=O) groups is 3. The summed E-state index contributed by atoms with van der Waals surface area (Å²) in [5.74, 6) is -1.66. The van der Waals surface area contributed by atoms with Gasteiger partial charge in [-0.2, -0.15) is 0 Å². The fraction of sp³-hybridized carbons (Fsp3) is 0.773. The first-order valence-electron chi connectivity index (χ1n) is 11.0. The van der Waals surface area contributed by atoms with Gasteiger partial charge in [-0.05, 0) is 32.1 Å². The summed E-state index contributed by atoms with van der Waals surface area (Å²) in [5, 5.41) is 19.0. The van der Waals surface area contributed by atoms with E-state index in [0.29, 0.717) is 18.6 Å². The average molecular weight is 412 g/mol. The lowest BCUT2D eigenvalue weighted by Gasteiger charge is -1.98. The van der Waals surface area contributed by atoms with Crippen LogP contribution in [0.1, 0.15) is 90.4 Å². The predicted molar refractivity (Wildman–Crippen MR) is 110 cm³/mol. The molecule has 3 atom stereocenters. The minimum Gasteiger partial charge on any atom is -0.481 e. The van der Waals surface area contributed by atoms with Crippen molar-refractivity contribution in [1.82, 2.24) is 5.32 Å². The number of epoxide rings is 1. The number of nitrogens with one attached hydrogen (secondary N) is 1. The third kappa shape index (κ3) is 13.2. The van der Waals surface area contributed by atoms with Crippen molar-refractivity contribution in [3.05, 3.63) is 12.2 Å². The van der Waals surface area contributed by atoms with Crippen LogP contribution in [0.5, 0.6) is 0 Å². The number of aliphatic hydroxyl groups excluding tert-OH is 1. The molecule has 0 aromatic heterocycles. The number of hydrogen-bond donors (Lipinski definition) is 3. The maximum Gasteiger partial charge on any atom is 0.303 e. The van der Waals surface area contributed by atoms with Crippen molar-refractivity contribution >= 4 is 17.8 Å². The van der Waals surface area contributed by atoms with Crippen LogP contribution in [-0.4, -0.2) is 46.3 Å². The Morgan fingerprint density at radius 1 is 1.07 bits per heavy atom. The predicted octanol–water partition coefficient (Wildman–Crippen LogP) is 3.49. The molecule has 29 heavy (non-hydrogen) atoms. The zero-order chi connectivity index (χ0) is 21.5. The summed E-state index contributed by atoms with van der Waals surface area (Å²) in [7, 11) is 0. The lowest BCUT2D eigenvalue weighted by atomic mass is 10.1. The molecule has 2 aliphatic rings. The van der Waals surface area contributed by atoms with Crippen molar-refractivity contribution < 1.29 is 29.3 Å². The Bertz CT molecular complexity index is 533. The number of hydrogen-bond acceptors (Lipinski definition) is 5. The largest absolute Gasteiger partial charge is 0.481 e. The summed E-state index contributed by atoms with van der Waals surface area (Å²) in [6.45, 7) is 2.24. The molecule has 0 saturated carbocycles. The average Bonchev–Trinajstić information content (AvgIpc) is 3.34. The van der Waals surface area contributed by atoms with Crippen molar-refractivity contribution in [3.63, 3.8) is 0 Å². The number of aliphatic carboxylic acids is 1. The van der Waals surface area contributed by atoms with E-state index < -0.39 is 23.9 Å². The van der Waals surface area contributed by atoms with Gasteiger partial charge in [-0.3, -0.25) is 19.7 Å². The lowest BCUT2D eigenvalue weighted by Crippen LogP contribution is -2.24. The molecule has 2 aliphatic heterocycles. The Morgan fingerprint density at radius 3 is 2.38 bits per heavy atom. The Hall–Kier alpha value is -1.73. The number of amides is 2. The molecule has 2 rings (SSSR count). The van der Waals surface area contributed by atoms with Gasteiger partial charge in [0.15, 0.2) is 0 Å². The van der Waals surface area contributed by atoms with E-state index >= 15 is 0 Å². The standard InChI is InChI=1S/C18H32O3.C4H5NO3/c1-2-3-10-13-16-17(21-16)14-11-8-6-4-5-7-9-12-15-18(19)20;6-2-1-3(7)5-4(2)8/h8,11,16-17H,2-7,9-10,12-15H2,1H3,(H,19,20);2,6H,1H2,(H,5,7,8)/b11-8-;/t16-,17+;/m1./s1. The molecule has 2 fully saturated rings. The Kier molecular flexibility index (Phi) is 13.2. The SMILES string of the molecule is CCCCC[C@H]1O[C@H]1C/C=C\CCCCCCCC(=O)O.O=C1CC(O)C(=O)N1. The first-order valence-corrected chi connectivity index (χ1v) is 11.0. The normalized spacial score (nSPS) is 23.0. The summed E-state index contributed by atoms with van der Waals surface area (Å²) in [4.78, 5) is 30.7. The topological polar surface area (TPSA) is 116 Å². The van der Waals surface area contributed by atoms with Gasteiger partial charge in [0.1, 0.15) is 6.10 Å². The third-order valence-electron chi connectivity index (χ3n) is 5.02. The summed E-state index contributed by atoms with van der Waals surface area (Å²) in [6.07, 6.45) is 17.6. The highest BCUT2D eigenvalue weighted by molar-refractivity contribution is 6.04. The quantitative estimate of drug-likeness (QED) is 0.174. The van der Waals surface area contributed by atoms with Crippen LogP contribution in [-0.2, 0) is 19.1 Å². The molecule has 0 radical (unpaired) electrons. The van der Waals surface area contributed by atoms with Gasteiger partial charge in [-0.1, -0.05) is 57.6 Å². The molecule has 7 heteroatoms. The van der Waals surface area contributed by atoms with Crippen molar-refractivity contribution in [3.8, 4) is 0 Å². The van der Waals surface area contributed by atoms with E-state index in [9.17, 15) is 14.4 Å². The van der Waals surface area contributed by atoms with E-state index in [-0.39, 0.29) is 6.42 Å². The molecule has 0 spiro atoms. The number of imide groups is 1. The zero-order valence-corrected chi connectivity index (χ0v) is 17.6. The zero-order valence-electron chi connectivity index (χ0n) is 17.6. The number of carboxylic acids is 1. The number of aliphatic hydroxyl groups is 1. The highest BCUT2D eigenvalue weighted by Gasteiger charge is 2.36. The smallest absolute Gasteiger partial charge is 0.303 e. The number of unbranched alkanes of at least 4 members (excludes halogenated alkanes) is 7. The number of allylic oxidation sites excluding steroid dienone is 1. The van der Waals surface area contributed by atoms with E-state index in [4.69, 9.17) is 14.9 Å². The molecule has 2 amide bonds. The van der Waals surface area contributed by atoms with Gasteiger partial charge in [-0.25, -0.2) is 0 Å². The Labute approximate surface area is 173 Å². The molecule has 2 heterocycles. The second kappa shape index (κ2) is 15.2. The summed E-state index contributed by atoms with van der Waals surface area (Å²) in [5.41, 5.74) is 0. The maximum atomic E-state index is 10.3. The summed E-state index contributed by atoms with van der Waals surface area (Å²) >= 11 is 0. The van der Waals surface area contributed by atoms with Crippen LogP contribution in [0.4, 0.5) is 0 Å². The Morgan fingerprint density at radius 2 is 1.79 bits per heavy atom. The number of rotatable bonds is 14. The Balaban J connectivity index is 0.000000436. The van der Waals surface area contributed by atoms with Crippen LogP contribution in [0.2, 0.25) is 0 Å². The van der Waals surface area contributed by atoms with Gasteiger partial charge in [0.05, 0.1) is 18.6 Å². The van der Waals surface area contributed by atoms with Gasteiger partial charge in [0, 0.05) is 6.42 Å². The van der Waals surface area contributed by atoms with Crippen molar-refractivity contribution in [1.29, 1.82) is 0 Å². The minimum absolute atomic E-state index is 0.0845. The molecule has 3 N–H and O–H groups in total. The monoisotopic (exact) mass is 411 g/mol. The summed E-state index contributed by atoms with van der Waals surface area (Å²) in [6, 6.07) is 0. The highest BCUT2D eigenvalue weighted by atomic mass is 16.6. The van der Waals surface area contributed by atoms with Crippen molar-refractivity contribution in [2.24, 2.45) is 0 Å². The van der Waals surface area contributed by atoms with Crippen LogP contribution in [0.15, 0.2) is 12.2 Å². The minimum atomic E-state index is -1.11. The molecule has 0 aromatic rings. The molecule has 0 bridgehead atoms. The van der Waals surface area contributed by atoms with Crippen LogP contribution in [0.3, 0.4) is 0 Å². The maximum absolute atomic E-state index is 10.3. The van der Waals surface area contributed by atoms with Crippen molar-refractivity contribution in [2.45, 2.75) is 109 Å². The third-order valence-corrected chi connectivity index (χ3v) is 5.02. The number of carboxylic acid groups (broad SMARTS) is 1. The molecule has 2 saturated heterocycles. The van der Waals surface area contributed by atoms with E-state index in [2.05, 4.69) is 19.1 Å². The highest BCUT2D eigenvalue weighted by Crippen LogP contribution is 2.30. The first-order chi connectivity index (χ1) is 13.9. The molecule has 166 valence electrons. The molecule has 0 aromatic carbocycles. The van der Waals surface area contributed by atoms with Crippen LogP contribution < -0.4 is 5.32 Å². The van der Waals surface area contributed by atoms with Crippen LogP contribution in [0, 0.1) is 0 Å². The van der Waals surface area contributed by atoms with E-state index in [0.717, 1.165) is 32.1 Å². The second-order valence-corrected chi connectivity index (χ2v) is 7.75. The van der Waals surface area contributed by atoms with E-state index in [1.165, 1.54) is 38.5 Å². The fourth-order valence-corrected chi connectivity index (χ4v) is 3.19. The molecule has 7 nitrogen and oxygen atoms in total. The van der Waals surface area contributed by atoms with Gasteiger partial charge in [0.25, 0.3) is 5.91 Å². The van der Waals surface area contributed by atoms with Crippen LogP contribution >= 0.6 is 0 Å². The van der Waals surface area contributed by atoms with Crippen molar-refractivity contribution in [2.75, 3.05) is 0 Å². The number of ether oxygens (including phenoxy) is 1. The van der Waals surface area contributed by atoms with E-state index in [1.807, 2.05) is 5.32 Å². The van der Waals surface area contributed by atoms with Gasteiger partial charge in [-0.15, -0.1) is 0 Å². The van der Waals surface area contributed by atoms with E-state index in [1.54, 1.807) is 0 Å². The fourth-order valence-electron chi connectivity index (χ4n) is 3.19. The molecular weight excluding hydrogens is 374 g/mol. The van der Waals surface area contributed by atoms with Gasteiger partial charge >= 0.3 is 5.97 Å². The van der Waals surface area contributed by atoms with Crippen LogP contribution in [0.25, 0.3) is 0 Å². The molecular formula is C22H37NO6. The second-order valence-electron chi connectivity index (χ2n) is 7.75. The lowest BCUT2D eigenvalue weighted by molar-refractivity contribution is -0.137. The van der Waals surface area contributed by atoms with Gasteiger partial charge < -0.3 is 14.9 Å². The number of carbonyl (C=O) groups excluding carboxylic acids is 2. The summed E-state index contributed by atoms with van der Waals surface area (Å²) < 4.78 is 5.66. The molecule has 1 unspecified atom stereocenters. The van der Waals surface area contributed by atoms with Gasteiger partial charge in [0.2, 0.25) is 5.91 Å².